The maximum atomic E-state index is 12.8. The van der Waals surface area contributed by atoms with Gasteiger partial charge in [0.15, 0.2) is 16.7 Å². The summed E-state index contributed by atoms with van der Waals surface area (Å²) in [5.41, 5.74) is 1.82. The Bertz CT molecular complexity index is 1420. The number of phenolic OH excluding ortho intramolecular Hbond substituents is 2. The molecule has 0 unspecified atom stereocenters. The van der Waals surface area contributed by atoms with Crippen molar-refractivity contribution in [3.05, 3.63) is 89.2 Å². The fourth-order valence-electron chi connectivity index (χ4n) is 3.37. The zero-order valence-electron chi connectivity index (χ0n) is 15.6. The average Bonchev–Trinajstić information content (AvgIpc) is 3.24. The molecule has 30 heavy (non-hydrogen) atoms. The van der Waals surface area contributed by atoms with Crippen LogP contribution in [0, 0.1) is 0 Å². The molecule has 0 bridgehead atoms. The summed E-state index contributed by atoms with van der Waals surface area (Å²) in [5.74, 6) is -0.358. The Labute approximate surface area is 170 Å². The van der Waals surface area contributed by atoms with Crippen molar-refractivity contribution >= 4 is 11.0 Å². The number of hydrogen-bond donors (Lipinski definition) is 2. The number of aromatic nitrogens is 3. The van der Waals surface area contributed by atoms with Crippen LogP contribution in [0.2, 0.25) is 0 Å². The number of hydrogen-bond acceptors (Lipinski definition) is 6. The van der Waals surface area contributed by atoms with Crippen molar-refractivity contribution < 1.29 is 14.6 Å². The average molecular weight is 397 g/mol. The van der Waals surface area contributed by atoms with Crippen molar-refractivity contribution in [2.45, 2.75) is 0 Å². The molecule has 0 fully saturated rings. The molecule has 146 valence electrons. The lowest BCUT2D eigenvalue weighted by molar-refractivity contribution is 0.448. The monoisotopic (exact) mass is 397 g/mol. The molecule has 0 radical (unpaired) electrons. The molecule has 0 aliphatic heterocycles. The minimum Gasteiger partial charge on any atom is -0.507 e. The van der Waals surface area contributed by atoms with Crippen LogP contribution >= 0.6 is 0 Å². The number of aromatic hydroxyl groups is 2. The minimum atomic E-state index is -0.433. The summed E-state index contributed by atoms with van der Waals surface area (Å²) < 4.78 is 7.31. The van der Waals surface area contributed by atoms with E-state index in [0.29, 0.717) is 17.0 Å². The molecule has 0 aliphatic rings. The van der Waals surface area contributed by atoms with E-state index >= 15 is 0 Å². The van der Waals surface area contributed by atoms with Crippen LogP contribution in [0.1, 0.15) is 0 Å². The van der Waals surface area contributed by atoms with E-state index in [-0.39, 0.29) is 28.2 Å². The van der Waals surface area contributed by atoms with Crippen molar-refractivity contribution in [2.75, 3.05) is 0 Å². The second-order valence-electron chi connectivity index (χ2n) is 6.72. The third-order valence-electron chi connectivity index (χ3n) is 4.79. The van der Waals surface area contributed by atoms with Crippen LogP contribution < -0.4 is 5.43 Å². The van der Waals surface area contributed by atoms with E-state index in [1.807, 2.05) is 48.5 Å². The predicted octanol–water partition coefficient (Wildman–Crippen LogP) is 4.12. The maximum Gasteiger partial charge on any atom is 0.197 e. The van der Waals surface area contributed by atoms with Gasteiger partial charge >= 0.3 is 0 Å². The standard InChI is InChI=1S/C23H15N3O4/c27-17-11-19(29)22(26-13-16(24-25-26)14-7-3-1-4-8-14)23-21(17)18(28)12-20(30-23)15-9-5-2-6-10-15/h1-13,27,29H. The van der Waals surface area contributed by atoms with Gasteiger partial charge in [0, 0.05) is 23.3 Å². The van der Waals surface area contributed by atoms with E-state index in [9.17, 15) is 15.0 Å². The molecule has 2 aromatic heterocycles. The Morgan fingerprint density at radius 2 is 1.50 bits per heavy atom. The van der Waals surface area contributed by atoms with Gasteiger partial charge in [0.1, 0.15) is 28.3 Å². The summed E-state index contributed by atoms with van der Waals surface area (Å²) in [5, 5.41) is 29.1. The highest BCUT2D eigenvalue weighted by Gasteiger charge is 2.21. The Hall–Kier alpha value is -4.39. The smallest absolute Gasteiger partial charge is 0.197 e. The first-order valence-electron chi connectivity index (χ1n) is 9.18. The summed E-state index contributed by atoms with van der Waals surface area (Å²) in [4.78, 5) is 12.8. The second kappa shape index (κ2) is 6.89. The molecule has 0 spiro atoms. The normalized spacial score (nSPS) is 11.1. The lowest BCUT2D eigenvalue weighted by Gasteiger charge is -2.10. The molecule has 0 saturated carbocycles. The van der Waals surface area contributed by atoms with Gasteiger partial charge in [-0.1, -0.05) is 65.9 Å². The molecule has 0 aliphatic carbocycles. The molecular weight excluding hydrogens is 382 g/mol. The van der Waals surface area contributed by atoms with Crippen LogP contribution in [0.25, 0.3) is 39.2 Å². The first kappa shape index (κ1) is 17.7. The minimum absolute atomic E-state index is 0.0170. The van der Waals surface area contributed by atoms with Gasteiger partial charge in [-0.25, -0.2) is 4.68 Å². The van der Waals surface area contributed by atoms with Gasteiger partial charge in [0.25, 0.3) is 0 Å². The molecule has 0 saturated heterocycles. The predicted molar refractivity (Wildman–Crippen MR) is 112 cm³/mol. The fourth-order valence-corrected chi connectivity index (χ4v) is 3.37. The van der Waals surface area contributed by atoms with Crippen LogP contribution in [0.4, 0.5) is 0 Å². The van der Waals surface area contributed by atoms with Crippen LogP contribution in [0.15, 0.2) is 88.2 Å². The van der Waals surface area contributed by atoms with Gasteiger partial charge in [-0.15, -0.1) is 5.10 Å². The summed E-state index contributed by atoms with van der Waals surface area (Å²) in [6.45, 7) is 0. The Kier molecular flexibility index (Phi) is 4.07. The summed E-state index contributed by atoms with van der Waals surface area (Å²) in [6.07, 6.45) is 1.62. The Balaban J connectivity index is 1.77. The highest BCUT2D eigenvalue weighted by atomic mass is 16.3. The van der Waals surface area contributed by atoms with Crippen LogP contribution in [0.5, 0.6) is 11.5 Å². The van der Waals surface area contributed by atoms with Crippen LogP contribution in [-0.4, -0.2) is 25.2 Å². The van der Waals surface area contributed by atoms with Gasteiger partial charge in [-0.3, -0.25) is 4.79 Å². The van der Waals surface area contributed by atoms with Crippen LogP contribution in [0.3, 0.4) is 0 Å². The highest BCUT2D eigenvalue weighted by Crippen LogP contribution is 2.37. The molecule has 2 N–H and O–H groups in total. The van der Waals surface area contributed by atoms with Crippen molar-refractivity contribution in [3.8, 4) is 39.8 Å². The maximum absolute atomic E-state index is 12.8. The number of fused-ring (bicyclic) bond motifs is 1. The fraction of sp³-hybridized carbons (Fsp3) is 0. The van der Waals surface area contributed by atoms with Gasteiger partial charge in [-0.2, -0.15) is 0 Å². The second-order valence-corrected chi connectivity index (χ2v) is 6.72. The van der Waals surface area contributed by atoms with Crippen LogP contribution in [-0.2, 0) is 0 Å². The van der Waals surface area contributed by atoms with E-state index in [4.69, 9.17) is 4.42 Å². The van der Waals surface area contributed by atoms with E-state index in [0.717, 1.165) is 11.6 Å². The molecule has 0 amide bonds. The van der Waals surface area contributed by atoms with E-state index in [2.05, 4.69) is 10.3 Å². The zero-order valence-corrected chi connectivity index (χ0v) is 15.6. The summed E-state index contributed by atoms with van der Waals surface area (Å²) in [7, 11) is 0. The van der Waals surface area contributed by atoms with Crippen molar-refractivity contribution in [1.29, 1.82) is 0 Å². The topological polar surface area (TPSA) is 101 Å². The van der Waals surface area contributed by atoms with E-state index < -0.39 is 5.43 Å². The Morgan fingerprint density at radius 3 is 2.20 bits per heavy atom. The molecule has 5 aromatic rings. The number of benzene rings is 3. The van der Waals surface area contributed by atoms with Gasteiger partial charge in [0.05, 0.1) is 6.20 Å². The summed E-state index contributed by atoms with van der Waals surface area (Å²) in [6, 6.07) is 20.9. The number of nitrogens with zero attached hydrogens (tertiary/aromatic N) is 3. The molecule has 7 heteroatoms. The molecule has 0 atom stereocenters. The summed E-state index contributed by atoms with van der Waals surface area (Å²) >= 11 is 0. The van der Waals surface area contributed by atoms with Crippen molar-refractivity contribution in [2.24, 2.45) is 0 Å². The molecule has 2 heterocycles. The lowest BCUT2D eigenvalue weighted by atomic mass is 10.1. The SMILES string of the molecule is O=c1cc(-c2ccccc2)oc2c(-n3cc(-c4ccccc4)nn3)c(O)cc(O)c12. The van der Waals surface area contributed by atoms with E-state index in [1.54, 1.807) is 18.3 Å². The van der Waals surface area contributed by atoms with E-state index in [1.165, 1.54) is 10.7 Å². The molecule has 3 aromatic carbocycles. The first-order chi connectivity index (χ1) is 14.6. The third-order valence-corrected chi connectivity index (χ3v) is 4.79. The quantitative estimate of drug-likeness (QED) is 0.475. The largest absolute Gasteiger partial charge is 0.507 e. The zero-order chi connectivity index (χ0) is 20.7. The number of phenols is 2. The van der Waals surface area contributed by atoms with Crippen molar-refractivity contribution in [3.63, 3.8) is 0 Å². The third kappa shape index (κ3) is 2.89. The lowest BCUT2D eigenvalue weighted by Crippen LogP contribution is -2.05. The first-order valence-corrected chi connectivity index (χ1v) is 9.18. The molecular formula is C23H15N3O4. The van der Waals surface area contributed by atoms with Gasteiger partial charge in [0.2, 0.25) is 0 Å². The highest BCUT2D eigenvalue weighted by molar-refractivity contribution is 5.93. The van der Waals surface area contributed by atoms with Crippen molar-refractivity contribution in [1.82, 2.24) is 15.0 Å². The molecule has 7 nitrogen and oxygen atoms in total. The van der Waals surface area contributed by atoms with Gasteiger partial charge < -0.3 is 14.6 Å². The Morgan fingerprint density at radius 1 is 0.833 bits per heavy atom. The molecule has 5 rings (SSSR count). The number of rotatable bonds is 3. The van der Waals surface area contributed by atoms with Gasteiger partial charge in [-0.05, 0) is 0 Å².